The molecule has 3 heterocycles. The average molecular weight is 449 g/mol. The molecule has 28 heavy (non-hydrogen) atoms. The normalized spacial score (nSPS) is 26.5. The van der Waals surface area contributed by atoms with Crippen molar-refractivity contribution in [2.24, 2.45) is 5.92 Å². The SMILES string of the molecule is O=C(C1CCN(C(=O)C2CC(c3ccc(Br)cc3)NN2)CC1)N1CCCCC1. The van der Waals surface area contributed by atoms with E-state index in [0.717, 1.165) is 49.7 Å². The van der Waals surface area contributed by atoms with Gasteiger partial charge < -0.3 is 9.80 Å². The van der Waals surface area contributed by atoms with E-state index >= 15 is 0 Å². The van der Waals surface area contributed by atoms with Gasteiger partial charge in [-0.2, -0.15) is 0 Å². The molecule has 4 rings (SSSR count). The van der Waals surface area contributed by atoms with Gasteiger partial charge in [0.05, 0.1) is 0 Å². The highest BCUT2D eigenvalue weighted by Gasteiger charge is 2.36. The minimum absolute atomic E-state index is 0.0901. The molecule has 0 radical (unpaired) electrons. The fourth-order valence-electron chi connectivity index (χ4n) is 4.57. The van der Waals surface area contributed by atoms with Gasteiger partial charge in [-0.05, 0) is 56.2 Å². The molecule has 0 aromatic heterocycles. The van der Waals surface area contributed by atoms with Crippen LogP contribution in [0, 0.1) is 5.92 Å². The quantitative estimate of drug-likeness (QED) is 0.745. The van der Waals surface area contributed by atoms with E-state index in [1.165, 1.54) is 12.0 Å². The molecule has 1 aromatic rings. The molecule has 0 saturated carbocycles. The van der Waals surface area contributed by atoms with Gasteiger partial charge in [0, 0.05) is 42.6 Å². The van der Waals surface area contributed by atoms with E-state index in [-0.39, 0.29) is 23.9 Å². The first-order chi connectivity index (χ1) is 13.6. The van der Waals surface area contributed by atoms with Crippen molar-refractivity contribution >= 4 is 27.7 Å². The number of piperidine rings is 2. The van der Waals surface area contributed by atoms with E-state index in [1.54, 1.807) is 0 Å². The summed E-state index contributed by atoms with van der Waals surface area (Å²) in [6.07, 6.45) is 5.81. The largest absolute Gasteiger partial charge is 0.342 e. The molecular formula is C21H29BrN4O2. The molecule has 2 N–H and O–H groups in total. The second-order valence-electron chi connectivity index (χ2n) is 8.17. The number of carbonyl (C=O) groups is 2. The molecule has 2 atom stereocenters. The summed E-state index contributed by atoms with van der Waals surface area (Å²) in [6.45, 7) is 3.19. The lowest BCUT2D eigenvalue weighted by Gasteiger charge is -2.36. The van der Waals surface area contributed by atoms with E-state index in [4.69, 9.17) is 0 Å². The maximum Gasteiger partial charge on any atom is 0.241 e. The molecule has 2 amide bonds. The highest BCUT2D eigenvalue weighted by atomic mass is 79.9. The zero-order valence-corrected chi connectivity index (χ0v) is 17.8. The summed E-state index contributed by atoms with van der Waals surface area (Å²) in [5.41, 5.74) is 7.61. The maximum absolute atomic E-state index is 12.9. The summed E-state index contributed by atoms with van der Waals surface area (Å²) >= 11 is 3.46. The molecule has 0 aliphatic carbocycles. The van der Waals surface area contributed by atoms with Crippen molar-refractivity contribution < 1.29 is 9.59 Å². The average Bonchev–Trinajstić information content (AvgIpc) is 3.24. The number of halogens is 1. The minimum Gasteiger partial charge on any atom is -0.342 e. The third kappa shape index (κ3) is 4.42. The first-order valence-electron chi connectivity index (χ1n) is 10.5. The van der Waals surface area contributed by atoms with Crippen molar-refractivity contribution in [3.63, 3.8) is 0 Å². The van der Waals surface area contributed by atoms with Crippen LogP contribution in [0.3, 0.4) is 0 Å². The predicted molar refractivity (Wildman–Crippen MR) is 111 cm³/mol. The Morgan fingerprint density at radius 2 is 1.50 bits per heavy atom. The predicted octanol–water partition coefficient (Wildman–Crippen LogP) is 2.61. The Morgan fingerprint density at radius 3 is 2.18 bits per heavy atom. The van der Waals surface area contributed by atoms with Crippen LogP contribution < -0.4 is 10.9 Å². The van der Waals surface area contributed by atoms with Gasteiger partial charge in [-0.15, -0.1) is 0 Å². The molecule has 3 fully saturated rings. The van der Waals surface area contributed by atoms with E-state index in [0.29, 0.717) is 19.0 Å². The number of amides is 2. The first kappa shape index (κ1) is 19.9. The Balaban J connectivity index is 1.27. The lowest BCUT2D eigenvalue weighted by Crippen LogP contribution is -2.50. The second-order valence-corrected chi connectivity index (χ2v) is 9.08. The Hall–Kier alpha value is -1.44. The van der Waals surface area contributed by atoms with Gasteiger partial charge in [0.2, 0.25) is 11.8 Å². The number of hydrogen-bond acceptors (Lipinski definition) is 4. The summed E-state index contributed by atoms with van der Waals surface area (Å²) in [7, 11) is 0. The van der Waals surface area contributed by atoms with Crippen molar-refractivity contribution in [1.29, 1.82) is 0 Å². The molecule has 1 aromatic carbocycles. The van der Waals surface area contributed by atoms with Crippen LogP contribution in [0.15, 0.2) is 28.7 Å². The maximum atomic E-state index is 12.9. The molecule has 3 aliphatic rings. The van der Waals surface area contributed by atoms with Gasteiger partial charge in [-0.1, -0.05) is 28.1 Å². The third-order valence-electron chi connectivity index (χ3n) is 6.30. The van der Waals surface area contributed by atoms with Gasteiger partial charge in [-0.3, -0.25) is 9.59 Å². The van der Waals surface area contributed by atoms with Crippen LogP contribution in [0.4, 0.5) is 0 Å². The van der Waals surface area contributed by atoms with Crippen LogP contribution in [0.5, 0.6) is 0 Å². The number of hydrogen-bond donors (Lipinski definition) is 2. The number of likely N-dealkylation sites (tertiary alicyclic amines) is 2. The van der Waals surface area contributed by atoms with Crippen molar-refractivity contribution in [3.05, 3.63) is 34.3 Å². The molecule has 6 nitrogen and oxygen atoms in total. The summed E-state index contributed by atoms with van der Waals surface area (Å²) < 4.78 is 1.05. The van der Waals surface area contributed by atoms with Crippen LogP contribution in [-0.2, 0) is 9.59 Å². The second kappa shape index (κ2) is 8.93. The molecule has 0 bridgehead atoms. The first-order valence-corrected chi connectivity index (χ1v) is 11.3. The van der Waals surface area contributed by atoms with E-state index < -0.39 is 0 Å². The number of carbonyl (C=O) groups excluding carboxylic acids is 2. The van der Waals surface area contributed by atoms with Gasteiger partial charge >= 0.3 is 0 Å². The summed E-state index contributed by atoms with van der Waals surface area (Å²) in [4.78, 5) is 29.6. The van der Waals surface area contributed by atoms with Crippen molar-refractivity contribution in [2.45, 2.75) is 50.6 Å². The van der Waals surface area contributed by atoms with E-state index in [1.807, 2.05) is 21.9 Å². The van der Waals surface area contributed by atoms with Crippen LogP contribution in [-0.4, -0.2) is 53.8 Å². The van der Waals surface area contributed by atoms with Crippen molar-refractivity contribution in [3.8, 4) is 0 Å². The summed E-state index contributed by atoms with van der Waals surface area (Å²) in [5.74, 6) is 0.547. The molecular weight excluding hydrogens is 420 g/mol. The topological polar surface area (TPSA) is 64.7 Å². The van der Waals surface area contributed by atoms with Crippen LogP contribution in [0.2, 0.25) is 0 Å². The van der Waals surface area contributed by atoms with Crippen LogP contribution in [0.25, 0.3) is 0 Å². The summed E-state index contributed by atoms with van der Waals surface area (Å²) in [6, 6.07) is 8.14. The molecule has 152 valence electrons. The molecule has 0 spiro atoms. The van der Waals surface area contributed by atoms with Gasteiger partial charge in [-0.25, -0.2) is 10.9 Å². The smallest absolute Gasteiger partial charge is 0.241 e. The lowest BCUT2D eigenvalue weighted by atomic mass is 9.93. The highest BCUT2D eigenvalue weighted by Crippen LogP contribution is 2.27. The number of rotatable bonds is 3. The molecule has 7 heteroatoms. The van der Waals surface area contributed by atoms with Crippen LogP contribution in [0.1, 0.15) is 50.1 Å². The number of hydrazine groups is 1. The Morgan fingerprint density at radius 1 is 0.857 bits per heavy atom. The monoisotopic (exact) mass is 448 g/mol. The van der Waals surface area contributed by atoms with Gasteiger partial charge in [0.25, 0.3) is 0 Å². The number of benzene rings is 1. The van der Waals surface area contributed by atoms with Crippen molar-refractivity contribution in [1.82, 2.24) is 20.7 Å². The minimum atomic E-state index is -0.206. The lowest BCUT2D eigenvalue weighted by molar-refractivity contribution is -0.142. The Bertz CT molecular complexity index is 697. The van der Waals surface area contributed by atoms with E-state index in [9.17, 15) is 9.59 Å². The zero-order chi connectivity index (χ0) is 19.5. The number of nitrogens with zero attached hydrogens (tertiary/aromatic N) is 2. The van der Waals surface area contributed by atoms with Gasteiger partial charge in [0.1, 0.15) is 6.04 Å². The van der Waals surface area contributed by atoms with Crippen LogP contribution >= 0.6 is 15.9 Å². The Labute approximate surface area is 175 Å². The fourth-order valence-corrected chi connectivity index (χ4v) is 4.84. The molecule has 3 saturated heterocycles. The molecule has 2 unspecified atom stereocenters. The fraction of sp³-hybridized carbons (Fsp3) is 0.619. The highest BCUT2D eigenvalue weighted by molar-refractivity contribution is 9.10. The Kier molecular flexibility index (Phi) is 6.33. The third-order valence-corrected chi connectivity index (χ3v) is 6.83. The van der Waals surface area contributed by atoms with Crippen molar-refractivity contribution in [2.75, 3.05) is 26.2 Å². The summed E-state index contributed by atoms with van der Waals surface area (Å²) in [5, 5.41) is 0. The molecule has 3 aliphatic heterocycles. The standard InChI is InChI=1S/C21H29BrN4O2/c22-17-6-4-15(5-7-17)18-14-19(24-23-18)21(28)26-12-8-16(9-13-26)20(27)25-10-2-1-3-11-25/h4-7,16,18-19,23-24H,1-3,8-14H2. The number of nitrogens with one attached hydrogen (secondary N) is 2. The van der Waals surface area contributed by atoms with E-state index in [2.05, 4.69) is 38.9 Å². The zero-order valence-electron chi connectivity index (χ0n) is 16.2. The van der Waals surface area contributed by atoms with Gasteiger partial charge in [0.15, 0.2) is 0 Å².